The molecule has 1 saturated heterocycles. The molecule has 9 heteroatoms. The van der Waals surface area contributed by atoms with Gasteiger partial charge in [-0.05, 0) is 42.8 Å². The SMILES string of the molecule is COc1ccc(S(=O)(=O)Nc2cc(Cl)ccc2C)cc1C(=O)N1CCOCC1. The Balaban J connectivity index is 1.95. The van der Waals surface area contributed by atoms with Crippen LogP contribution < -0.4 is 9.46 Å². The van der Waals surface area contributed by atoms with E-state index in [4.69, 9.17) is 21.1 Å². The topological polar surface area (TPSA) is 84.9 Å². The Bertz CT molecular complexity index is 988. The maximum absolute atomic E-state index is 12.9. The van der Waals surface area contributed by atoms with E-state index in [1.165, 1.54) is 31.4 Å². The van der Waals surface area contributed by atoms with Gasteiger partial charge in [0.15, 0.2) is 0 Å². The lowest BCUT2D eigenvalue weighted by Gasteiger charge is -2.27. The van der Waals surface area contributed by atoms with Crippen molar-refractivity contribution in [2.24, 2.45) is 0 Å². The van der Waals surface area contributed by atoms with Crippen LogP contribution >= 0.6 is 11.6 Å². The largest absolute Gasteiger partial charge is 0.496 e. The minimum Gasteiger partial charge on any atom is -0.496 e. The van der Waals surface area contributed by atoms with Crippen LogP contribution in [0.3, 0.4) is 0 Å². The first-order chi connectivity index (χ1) is 13.3. The third kappa shape index (κ3) is 4.40. The van der Waals surface area contributed by atoms with Crippen molar-refractivity contribution in [2.45, 2.75) is 11.8 Å². The second-order valence-electron chi connectivity index (χ2n) is 6.33. The number of aryl methyl sites for hydroxylation is 1. The zero-order chi connectivity index (χ0) is 20.3. The first-order valence-corrected chi connectivity index (χ1v) is 10.5. The van der Waals surface area contributed by atoms with Crippen molar-refractivity contribution in [3.8, 4) is 5.75 Å². The fourth-order valence-electron chi connectivity index (χ4n) is 2.87. The molecule has 0 radical (unpaired) electrons. The smallest absolute Gasteiger partial charge is 0.261 e. The summed E-state index contributed by atoms with van der Waals surface area (Å²) >= 11 is 5.97. The van der Waals surface area contributed by atoms with Crippen LogP contribution in [-0.4, -0.2) is 52.6 Å². The van der Waals surface area contributed by atoms with E-state index in [1.807, 2.05) is 0 Å². The first-order valence-electron chi connectivity index (χ1n) is 8.66. The number of anilines is 1. The summed E-state index contributed by atoms with van der Waals surface area (Å²) < 4.78 is 38.8. The Morgan fingerprint density at radius 3 is 2.57 bits per heavy atom. The zero-order valence-corrected chi connectivity index (χ0v) is 17.1. The highest BCUT2D eigenvalue weighted by Gasteiger charge is 2.25. The molecule has 1 aliphatic heterocycles. The van der Waals surface area contributed by atoms with Gasteiger partial charge in [-0.15, -0.1) is 0 Å². The first kappa shape index (κ1) is 20.4. The Morgan fingerprint density at radius 1 is 1.18 bits per heavy atom. The number of sulfonamides is 1. The fourth-order valence-corrected chi connectivity index (χ4v) is 4.19. The third-order valence-electron chi connectivity index (χ3n) is 4.45. The van der Waals surface area contributed by atoms with Crippen LogP contribution in [0.15, 0.2) is 41.3 Å². The van der Waals surface area contributed by atoms with Gasteiger partial charge < -0.3 is 14.4 Å². The average molecular weight is 425 g/mol. The lowest BCUT2D eigenvalue weighted by atomic mass is 10.1. The van der Waals surface area contributed by atoms with Gasteiger partial charge in [0.1, 0.15) is 5.75 Å². The maximum atomic E-state index is 12.9. The van der Waals surface area contributed by atoms with E-state index < -0.39 is 10.0 Å². The van der Waals surface area contributed by atoms with E-state index in [1.54, 1.807) is 24.0 Å². The molecule has 3 rings (SSSR count). The summed E-state index contributed by atoms with van der Waals surface area (Å²) in [5, 5.41) is 0.418. The van der Waals surface area contributed by atoms with Gasteiger partial charge in [-0.1, -0.05) is 17.7 Å². The number of rotatable bonds is 5. The van der Waals surface area contributed by atoms with Crippen molar-refractivity contribution >= 4 is 33.2 Å². The molecule has 1 amide bonds. The van der Waals surface area contributed by atoms with Gasteiger partial charge >= 0.3 is 0 Å². The molecular weight excluding hydrogens is 404 g/mol. The molecule has 7 nitrogen and oxygen atoms in total. The molecule has 0 unspecified atom stereocenters. The zero-order valence-electron chi connectivity index (χ0n) is 15.6. The number of methoxy groups -OCH3 is 1. The number of amides is 1. The molecule has 0 atom stereocenters. The van der Waals surface area contributed by atoms with Crippen molar-refractivity contribution in [3.05, 3.63) is 52.5 Å². The van der Waals surface area contributed by atoms with E-state index in [-0.39, 0.29) is 16.4 Å². The Morgan fingerprint density at radius 2 is 1.89 bits per heavy atom. The van der Waals surface area contributed by atoms with Gasteiger partial charge in [0.05, 0.1) is 36.5 Å². The minimum atomic E-state index is -3.92. The molecule has 1 N–H and O–H groups in total. The van der Waals surface area contributed by atoms with Gasteiger partial charge in [0.2, 0.25) is 0 Å². The van der Waals surface area contributed by atoms with Crippen molar-refractivity contribution < 1.29 is 22.7 Å². The summed E-state index contributed by atoms with van der Waals surface area (Å²) in [7, 11) is -2.49. The number of hydrogen-bond donors (Lipinski definition) is 1. The third-order valence-corrected chi connectivity index (χ3v) is 6.05. The molecule has 2 aromatic rings. The number of carbonyl (C=O) groups is 1. The number of ether oxygens (including phenoxy) is 2. The summed E-state index contributed by atoms with van der Waals surface area (Å²) in [5.74, 6) is 0.0190. The normalized spacial score (nSPS) is 14.6. The Hall–Kier alpha value is -2.29. The molecule has 0 saturated carbocycles. The van der Waals surface area contributed by atoms with E-state index >= 15 is 0 Å². The van der Waals surface area contributed by atoms with Gasteiger partial charge in [-0.25, -0.2) is 8.42 Å². The van der Waals surface area contributed by atoms with Gasteiger partial charge in [-0.3, -0.25) is 9.52 Å². The molecule has 150 valence electrons. The van der Waals surface area contributed by atoms with Gasteiger partial charge in [0.25, 0.3) is 15.9 Å². The van der Waals surface area contributed by atoms with Crippen LogP contribution in [0.4, 0.5) is 5.69 Å². The van der Waals surface area contributed by atoms with Crippen molar-refractivity contribution in [1.82, 2.24) is 4.90 Å². The number of nitrogens with one attached hydrogen (secondary N) is 1. The van der Waals surface area contributed by atoms with E-state index in [9.17, 15) is 13.2 Å². The number of nitrogens with zero attached hydrogens (tertiary/aromatic N) is 1. The molecule has 1 aliphatic rings. The molecule has 1 heterocycles. The second kappa shape index (κ2) is 8.38. The molecule has 28 heavy (non-hydrogen) atoms. The van der Waals surface area contributed by atoms with E-state index in [0.29, 0.717) is 42.8 Å². The quantitative estimate of drug-likeness (QED) is 0.797. The van der Waals surface area contributed by atoms with Gasteiger partial charge in [-0.2, -0.15) is 0 Å². The van der Waals surface area contributed by atoms with Gasteiger partial charge in [0, 0.05) is 18.1 Å². The number of benzene rings is 2. The summed E-state index contributed by atoms with van der Waals surface area (Å²) in [4.78, 5) is 14.5. The van der Waals surface area contributed by atoms with Crippen LogP contribution in [-0.2, 0) is 14.8 Å². The predicted molar refractivity (Wildman–Crippen MR) is 107 cm³/mol. The highest BCUT2D eigenvalue weighted by Crippen LogP contribution is 2.27. The van der Waals surface area contributed by atoms with Crippen molar-refractivity contribution in [2.75, 3.05) is 38.1 Å². The minimum absolute atomic E-state index is 0.0377. The second-order valence-corrected chi connectivity index (χ2v) is 8.45. The lowest BCUT2D eigenvalue weighted by Crippen LogP contribution is -2.40. The number of hydrogen-bond acceptors (Lipinski definition) is 5. The Labute approximate surface area is 169 Å². The number of carbonyl (C=O) groups excluding carboxylic acids is 1. The number of halogens is 1. The highest BCUT2D eigenvalue weighted by molar-refractivity contribution is 7.92. The lowest BCUT2D eigenvalue weighted by molar-refractivity contribution is 0.0300. The summed E-state index contributed by atoms with van der Waals surface area (Å²) in [6.45, 7) is 3.55. The standard InChI is InChI=1S/C19H21ClN2O5S/c1-13-3-4-14(20)11-17(13)21-28(24,25)15-5-6-18(26-2)16(12-15)19(23)22-7-9-27-10-8-22/h3-6,11-12,21H,7-10H2,1-2H3. The fraction of sp³-hybridized carbons (Fsp3) is 0.316. The van der Waals surface area contributed by atoms with Crippen LogP contribution in [0.2, 0.25) is 5.02 Å². The molecule has 0 bridgehead atoms. The van der Waals surface area contributed by atoms with Crippen LogP contribution in [0.25, 0.3) is 0 Å². The molecule has 2 aromatic carbocycles. The monoisotopic (exact) mass is 424 g/mol. The molecular formula is C19H21ClN2O5S. The maximum Gasteiger partial charge on any atom is 0.261 e. The predicted octanol–water partition coefficient (Wildman–Crippen LogP) is 2.93. The summed E-state index contributed by atoms with van der Waals surface area (Å²) in [5.41, 5.74) is 1.30. The molecule has 0 spiro atoms. The number of morpholine rings is 1. The van der Waals surface area contributed by atoms with Crippen molar-refractivity contribution in [1.29, 1.82) is 0 Å². The van der Waals surface area contributed by atoms with E-state index in [0.717, 1.165) is 5.56 Å². The van der Waals surface area contributed by atoms with Crippen LogP contribution in [0.5, 0.6) is 5.75 Å². The molecule has 0 aliphatic carbocycles. The summed E-state index contributed by atoms with van der Waals surface area (Å²) in [6, 6.07) is 9.16. The molecule has 1 fully saturated rings. The van der Waals surface area contributed by atoms with E-state index in [2.05, 4.69) is 4.72 Å². The van der Waals surface area contributed by atoms with Crippen LogP contribution in [0, 0.1) is 6.92 Å². The van der Waals surface area contributed by atoms with Crippen molar-refractivity contribution in [3.63, 3.8) is 0 Å². The highest BCUT2D eigenvalue weighted by atomic mass is 35.5. The van der Waals surface area contributed by atoms with Crippen LogP contribution in [0.1, 0.15) is 15.9 Å². The summed E-state index contributed by atoms with van der Waals surface area (Å²) in [6.07, 6.45) is 0. The average Bonchev–Trinajstić information content (AvgIpc) is 2.70. The Kier molecular flexibility index (Phi) is 6.12. The molecule has 0 aromatic heterocycles.